The first-order valence-electron chi connectivity index (χ1n) is 8.39. The molecule has 2 heterocycles. The Bertz CT molecular complexity index is 794. The Morgan fingerprint density at radius 1 is 1.32 bits per heavy atom. The molecule has 0 atom stereocenters. The van der Waals surface area contributed by atoms with Gasteiger partial charge in [-0.05, 0) is 69.0 Å². The van der Waals surface area contributed by atoms with Crippen molar-refractivity contribution in [3.05, 3.63) is 21.2 Å². The maximum Gasteiger partial charge on any atom is 0.407 e. The summed E-state index contributed by atoms with van der Waals surface area (Å²) in [6.45, 7) is 5.86. The fraction of sp³-hybridized carbons (Fsp3) is 0.588. The quantitative estimate of drug-likeness (QED) is 0.492. The zero-order valence-electron chi connectivity index (χ0n) is 14.5. The van der Waals surface area contributed by atoms with Gasteiger partial charge < -0.3 is 14.6 Å². The minimum Gasteiger partial charge on any atom is -0.465 e. The molecule has 0 aliphatic heterocycles. The molecule has 1 N–H and O–H groups in total. The largest absolute Gasteiger partial charge is 0.465 e. The third-order valence-electron chi connectivity index (χ3n) is 4.87. The van der Waals surface area contributed by atoms with Crippen LogP contribution < -0.4 is 0 Å². The highest BCUT2D eigenvalue weighted by atomic mass is 127. The summed E-state index contributed by atoms with van der Waals surface area (Å²) >= 11 is 8.49. The number of hydrogen-bond acceptors (Lipinski definition) is 3. The van der Waals surface area contributed by atoms with Crippen molar-refractivity contribution in [2.45, 2.75) is 64.1 Å². The second kappa shape index (κ2) is 6.90. The van der Waals surface area contributed by atoms with E-state index in [1.807, 2.05) is 20.8 Å². The molecule has 1 aliphatic rings. The van der Waals surface area contributed by atoms with Gasteiger partial charge in [0.15, 0.2) is 0 Å². The van der Waals surface area contributed by atoms with E-state index in [9.17, 15) is 9.90 Å². The molecular weight excluding hydrogens is 455 g/mol. The molecule has 25 heavy (non-hydrogen) atoms. The van der Waals surface area contributed by atoms with Gasteiger partial charge in [-0.3, -0.25) is 0 Å². The molecule has 0 bridgehead atoms. The van der Waals surface area contributed by atoms with E-state index in [2.05, 4.69) is 43.3 Å². The van der Waals surface area contributed by atoms with Crippen LogP contribution in [0.2, 0.25) is 5.15 Å². The summed E-state index contributed by atoms with van der Waals surface area (Å²) in [7, 11) is 0. The van der Waals surface area contributed by atoms with Crippen molar-refractivity contribution < 1.29 is 9.90 Å². The van der Waals surface area contributed by atoms with Crippen LogP contribution in [0.4, 0.5) is 4.79 Å². The highest BCUT2D eigenvalue weighted by Gasteiger charge is 2.36. The van der Waals surface area contributed by atoms with Gasteiger partial charge in [-0.15, -0.1) is 0 Å². The molecule has 1 fully saturated rings. The molecule has 1 amide bonds. The molecule has 2 aromatic rings. The van der Waals surface area contributed by atoms with E-state index in [1.165, 1.54) is 6.33 Å². The lowest BCUT2D eigenvalue weighted by Gasteiger charge is -2.42. The number of nitrogens with zero attached hydrogens (tertiary/aromatic N) is 4. The number of halogens is 2. The zero-order chi connectivity index (χ0) is 18.4. The Balaban J connectivity index is 1.82. The Morgan fingerprint density at radius 3 is 2.52 bits per heavy atom. The Hall–Kier alpha value is -1.09. The minimum absolute atomic E-state index is 0.0628. The van der Waals surface area contributed by atoms with Crippen LogP contribution in [0.1, 0.15) is 52.5 Å². The molecule has 8 heteroatoms. The molecule has 3 rings (SSSR count). The summed E-state index contributed by atoms with van der Waals surface area (Å²) in [5, 5.41) is 11.0. The number of aromatic nitrogens is 3. The van der Waals surface area contributed by atoms with E-state index < -0.39 is 6.09 Å². The average molecular weight is 477 g/mol. The van der Waals surface area contributed by atoms with Crippen molar-refractivity contribution >= 4 is 51.3 Å². The van der Waals surface area contributed by atoms with E-state index in [-0.39, 0.29) is 11.6 Å². The lowest BCUT2D eigenvalue weighted by Crippen LogP contribution is -2.52. The number of amides is 1. The molecule has 0 saturated heterocycles. The number of carboxylic acid groups (broad SMARTS) is 1. The van der Waals surface area contributed by atoms with Crippen LogP contribution in [-0.4, -0.2) is 42.2 Å². The van der Waals surface area contributed by atoms with Gasteiger partial charge in [0.2, 0.25) is 0 Å². The summed E-state index contributed by atoms with van der Waals surface area (Å²) in [5.41, 5.74) is 0.471. The molecular formula is C17H22ClIN4O2. The van der Waals surface area contributed by atoms with Crippen molar-refractivity contribution in [3.63, 3.8) is 0 Å². The fourth-order valence-electron chi connectivity index (χ4n) is 3.87. The predicted octanol–water partition coefficient (Wildman–Crippen LogP) is 4.95. The van der Waals surface area contributed by atoms with Crippen molar-refractivity contribution in [3.8, 4) is 0 Å². The van der Waals surface area contributed by atoms with E-state index in [4.69, 9.17) is 11.6 Å². The topological polar surface area (TPSA) is 71.2 Å². The van der Waals surface area contributed by atoms with Crippen LogP contribution in [0.3, 0.4) is 0 Å². The second-order valence-electron chi connectivity index (χ2n) is 7.53. The van der Waals surface area contributed by atoms with Gasteiger partial charge in [0, 0.05) is 27.4 Å². The van der Waals surface area contributed by atoms with Crippen LogP contribution >= 0.6 is 34.2 Å². The number of fused-ring (bicyclic) bond motifs is 1. The number of hydrogen-bond donors (Lipinski definition) is 1. The van der Waals surface area contributed by atoms with E-state index >= 15 is 0 Å². The molecule has 0 spiro atoms. The summed E-state index contributed by atoms with van der Waals surface area (Å²) in [5.74, 6) is 0. The maximum atomic E-state index is 11.7. The van der Waals surface area contributed by atoms with E-state index in [0.717, 1.165) is 40.3 Å². The summed E-state index contributed by atoms with van der Waals surface area (Å²) in [6.07, 6.45) is 6.28. The number of carbonyl (C=O) groups is 1. The molecule has 1 aliphatic carbocycles. The minimum atomic E-state index is -0.837. The average Bonchev–Trinajstić information content (AvgIpc) is 2.85. The first kappa shape index (κ1) is 18.7. The van der Waals surface area contributed by atoms with Crippen molar-refractivity contribution in [2.24, 2.45) is 0 Å². The van der Waals surface area contributed by atoms with Crippen molar-refractivity contribution in [1.29, 1.82) is 0 Å². The Labute approximate surface area is 165 Å². The van der Waals surface area contributed by atoms with Crippen LogP contribution in [0.5, 0.6) is 0 Å². The Morgan fingerprint density at radius 2 is 1.96 bits per heavy atom. The highest BCUT2D eigenvalue weighted by Crippen LogP contribution is 2.37. The zero-order valence-corrected chi connectivity index (χ0v) is 17.5. The van der Waals surface area contributed by atoms with Gasteiger partial charge in [0.05, 0.1) is 5.39 Å². The SMILES string of the molecule is CC(C)(C)N(C(=O)O)[C@H]1CC[C@@H](n2cc(I)c3c(Cl)ncnc32)CC1. The summed E-state index contributed by atoms with van der Waals surface area (Å²) in [6, 6.07) is 0.372. The molecule has 2 aromatic heterocycles. The molecule has 0 unspecified atom stereocenters. The molecule has 0 aromatic carbocycles. The van der Waals surface area contributed by atoms with Gasteiger partial charge in [-0.1, -0.05) is 11.6 Å². The number of rotatable bonds is 2. The van der Waals surface area contributed by atoms with Crippen LogP contribution in [0.15, 0.2) is 12.5 Å². The maximum absolute atomic E-state index is 11.7. The molecule has 1 saturated carbocycles. The first-order valence-corrected chi connectivity index (χ1v) is 9.84. The highest BCUT2D eigenvalue weighted by molar-refractivity contribution is 14.1. The van der Waals surface area contributed by atoms with Crippen LogP contribution in [0.25, 0.3) is 11.0 Å². The molecule has 136 valence electrons. The van der Waals surface area contributed by atoms with Gasteiger partial charge in [0.1, 0.15) is 17.1 Å². The fourth-order valence-corrected chi connectivity index (χ4v) is 5.05. The predicted molar refractivity (Wildman–Crippen MR) is 106 cm³/mol. The van der Waals surface area contributed by atoms with Crippen LogP contribution in [0, 0.1) is 3.57 Å². The second-order valence-corrected chi connectivity index (χ2v) is 9.05. The normalized spacial score (nSPS) is 21.5. The van der Waals surface area contributed by atoms with Gasteiger partial charge >= 0.3 is 6.09 Å². The van der Waals surface area contributed by atoms with Gasteiger partial charge in [0.25, 0.3) is 0 Å². The summed E-state index contributed by atoms with van der Waals surface area (Å²) < 4.78 is 3.23. The first-order chi connectivity index (χ1) is 11.7. The van der Waals surface area contributed by atoms with E-state index in [1.54, 1.807) is 4.90 Å². The van der Waals surface area contributed by atoms with Crippen molar-refractivity contribution in [1.82, 2.24) is 19.4 Å². The lowest BCUT2D eigenvalue weighted by atomic mass is 9.88. The third kappa shape index (κ3) is 3.58. The smallest absolute Gasteiger partial charge is 0.407 e. The van der Waals surface area contributed by atoms with Gasteiger partial charge in [-0.25, -0.2) is 14.8 Å². The monoisotopic (exact) mass is 476 g/mol. The third-order valence-corrected chi connectivity index (χ3v) is 5.97. The van der Waals surface area contributed by atoms with Gasteiger partial charge in [-0.2, -0.15) is 0 Å². The molecule has 0 radical (unpaired) electrons. The lowest BCUT2D eigenvalue weighted by molar-refractivity contribution is 0.0514. The van der Waals surface area contributed by atoms with Crippen molar-refractivity contribution in [2.75, 3.05) is 0 Å². The van der Waals surface area contributed by atoms with Crippen LogP contribution in [-0.2, 0) is 0 Å². The van der Waals surface area contributed by atoms with E-state index in [0.29, 0.717) is 11.2 Å². The Kier molecular flexibility index (Phi) is 5.16. The molecule has 6 nitrogen and oxygen atoms in total. The standard InChI is InChI=1S/C17H22ClIN4O2/c1-17(2,3)23(16(24)25)11-6-4-10(5-7-11)22-8-12(19)13-14(18)20-9-21-15(13)22/h8-11H,4-7H2,1-3H3,(H,24,25)/t10-,11+. The summed E-state index contributed by atoms with van der Waals surface area (Å²) in [4.78, 5) is 21.8.